The van der Waals surface area contributed by atoms with Crippen LogP contribution in [0.4, 0.5) is 17.2 Å². The Morgan fingerprint density at radius 3 is 2.43 bits per heavy atom. The smallest absolute Gasteiger partial charge is 0.229 e. The lowest BCUT2D eigenvalue weighted by molar-refractivity contribution is -0.116. The highest BCUT2D eigenvalue weighted by molar-refractivity contribution is 6.36. The number of hydrogen-bond donors (Lipinski definition) is 1. The average Bonchev–Trinajstić information content (AvgIpc) is 2.68. The topological polar surface area (TPSA) is 75.2 Å². The highest BCUT2D eigenvalue weighted by atomic mass is 35.5. The first-order valence-electron chi connectivity index (χ1n) is 9.19. The van der Waals surface area contributed by atoms with Gasteiger partial charge in [0.25, 0.3) is 0 Å². The molecule has 2 amide bonds. The van der Waals surface area contributed by atoms with Crippen LogP contribution in [-0.4, -0.2) is 21.8 Å². The van der Waals surface area contributed by atoms with Crippen LogP contribution < -0.4 is 10.2 Å². The summed E-state index contributed by atoms with van der Waals surface area (Å²) in [7, 11) is 0. The second kappa shape index (κ2) is 9.24. The number of rotatable bonds is 5. The van der Waals surface area contributed by atoms with Gasteiger partial charge in [0.1, 0.15) is 5.82 Å². The number of nitrogens with zero attached hydrogens (tertiary/aromatic N) is 3. The number of halogens is 2. The maximum atomic E-state index is 12.5. The number of amides is 2. The van der Waals surface area contributed by atoms with Gasteiger partial charge in [-0.15, -0.1) is 0 Å². The number of anilines is 3. The molecule has 154 valence electrons. The Morgan fingerprint density at radius 2 is 1.77 bits per heavy atom. The van der Waals surface area contributed by atoms with Crippen molar-refractivity contribution < 1.29 is 9.59 Å². The molecule has 0 bridgehead atoms. The minimum Gasteiger partial charge on any atom is -0.326 e. The zero-order chi connectivity index (χ0) is 21.8. The Morgan fingerprint density at radius 1 is 1.07 bits per heavy atom. The highest BCUT2D eigenvalue weighted by Gasteiger charge is 2.19. The van der Waals surface area contributed by atoms with Gasteiger partial charge < -0.3 is 5.32 Å². The molecule has 0 aliphatic heterocycles. The number of hydrogen-bond acceptors (Lipinski definition) is 4. The lowest BCUT2D eigenvalue weighted by Crippen LogP contribution is -2.25. The third kappa shape index (κ3) is 4.96. The number of nitrogens with one attached hydrogen (secondary N) is 1. The van der Waals surface area contributed by atoms with E-state index in [9.17, 15) is 9.59 Å². The van der Waals surface area contributed by atoms with Gasteiger partial charge in [0, 0.05) is 46.8 Å². The van der Waals surface area contributed by atoms with Crippen molar-refractivity contribution in [2.75, 3.05) is 10.2 Å². The first-order chi connectivity index (χ1) is 14.3. The molecule has 1 N–H and O–H groups in total. The zero-order valence-corrected chi connectivity index (χ0v) is 18.3. The Bertz CT molecular complexity index is 1100. The lowest BCUT2D eigenvalue weighted by Gasteiger charge is -2.23. The average molecular weight is 443 g/mol. The van der Waals surface area contributed by atoms with Crippen molar-refractivity contribution in [2.24, 2.45) is 0 Å². The maximum Gasteiger partial charge on any atom is 0.229 e. The summed E-state index contributed by atoms with van der Waals surface area (Å²) in [5.41, 5.74) is 3.36. The van der Waals surface area contributed by atoms with Crippen LogP contribution in [0.1, 0.15) is 23.7 Å². The Labute approximate surface area is 184 Å². The quantitative estimate of drug-likeness (QED) is 0.583. The molecule has 0 saturated carbocycles. The summed E-state index contributed by atoms with van der Waals surface area (Å²) in [6, 6.07) is 10.2. The third-order valence-corrected chi connectivity index (χ3v) is 5.13. The molecule has 3 rings (SSSR count). The largest absolute Gasteiger partial charge is 0.326 e. The van der Waals surface area contributed by atoms with E-state index in [1.165, 1.54) is 18.0 Å². The summed E-state index contributed by atoms with van der Waals surface area (Å²) < 4.78 is 0. The van der Waals surface area contributed by atoms with Crippen LogP contribution in [0, 0.1) is 13.8 Å². The summed E-state index contributed by atoms with van der Waals surface area (Å²) in [4.78, 5) is 35.0. The number of benzene rings is 1. The van der Waals surface area contributed by atoms with E-state index in [0.29, 0.717) is 32.8 Å². The van der Waals surface area contributed by atoms with Crippen LogP contribution in [0.3, 0.4) is 0 Å². The van der Waals surface area contributed by atoms with Gasteiger partial charge in [-0.05, 0) is 49.2 Å². The molecule has 6 nitrogen and oxygen atoms in total. The minimum absolute atomic E-state index is 0.0231. The van der Waals surface area contributed by atoms with E-state index in [0.717, 1.165) is 11.3 Å². The molecule has 0 saturated heterocycles. The van der Waals surface area contributed by atoms with Crippen LogP contribution in [-0.2, 0) is 16.0 Å². The molecule has 0 unspecified atom stereocenters. The molecule has 0 spiro atoms. The molecule has 1 aromatic carbocycles. The third-order valence-electron chi connectivity index (χ3n) is 4.42. The van der Waals surface area contributed by atoms with Crippen LogP contribution >= 0.6 is 23.2 Å². The fourth-order valence-corrected chi connectivity index (χ4v) is 3.53. The van der Waals surface area contributed by atoms with E-state index in [1.54, 1.807) is 36.5 Å². The standard InChI is InChI=1S/C22H20Cl2N4O2/c1-13-12-26-14(2)9-20(13)28(15(3)29)21-10-16(7-8-25-21)27-22(30)11-17-18(23)5-4-6-19(17)24/h4-10,12H,11H2,1-3H3,(H,25,27,30). The minimum atomic E-state index is -0.285. The van der Waals surface area contributed by atoms with Crippen molar-refractivity contribution in [1.29, 1.82) is 0 Å². The van der Waals surface area contributed by atoms with E-state index < -0.39 is 0 Å². The van der Waals surface area contributed by atoms with Gasteiger partial charge in [0.15, 0.2) is 0 Å². The summed E-state index contributed by atoms with van der Waals surface area (Å²) in [6.07, 6.45) is 3.27. The molecular weight excluding hydrogens is 423 g/mol. The molecule has 0 fully saturated rings. The normalized spacial score (nSPS) is 10.6. The fourth-order valence-electron chi connectivity index (χ4n) is 2.99. The molecule has 2 heterocycles. The van der Waals surface area contributed by atoms with Crippen molar-refractivity contribution in [1.82, 2.24) is 9.97 Å². The van der Waals surface area contributed by atoms with Crippen molar-refractivity contribution in [3.63, 3.8) is 0 Å². The second-order valence-electron chi connectivity index (χ2n) is 6.79. The van der Waals surface area contributed by atoms with Crippen molar-refractivity contribution in [3.8, 4) is 0 Å². The van der Waals surface area contributed by atoms with Crippen LogP contribution in [0.2, 0.25) is 10.0 Å². The van der Waals surface area contributed by atoms with Gasteiger partial charge >= 0.3 is 0 Å². The monoisotopic (exact) mass is 442 g/mol. The number of carbonyl (C=O) groups excluding carboxylic acids is 2. The van der Waals surface area contributed by atoms with Gasteiger partial charge in [0.05, 0.1) is 12.1 Å². The van der Waals surface area contributed by atoms with E-state index in [1.807, 2.05) is 19.9 Å². The number of aryl methyl sites for hydroxylation is 2. The predicted octanol–water partition coefficient (Wildman–Crippen LogP) is 5.27. The fraction of sp³-hybridized carbons (Fsp3) is 0.182. The molecule has 3 aromatic rings. The van der Waals surface area contributed by atoms with Crippen molar-refractivity contribution in [3.05, 3.63) is 75.7 Å². The van der Waals surface area contributed by atoms with E-state index >= 15 is 0 Å². The van der Waals surface area contributed by atoms with Crippen LogP contribution in [0.5, 0.6) is 0 Å². The van der Waals surface area contributed by atoms with Crippen LogP contribution in [0.15, 0.2) is 48.8 Å². The SMILES string of the molecule is CC(=O)N(c1cc(NC(=O)Cc2c(Cl)cccc2Cl)ccn1)c1cc(C)ncc1C. The summed E-state index contributed by atoms with van der Waals surface area (Å²) >= 11 is 12.3. The summed E-state index contributed by atoms with van der Waals surface area (Å²) in [5.74, 6) is -0.0974. The number of carbonyl (C=O) groups is 2. The molecule has 0 aliphatic carbocycles. The van der Waals surface area contributed by atoms with Gasteiger partial charge in [-0.3, -0.25) is 19.5 Å². The van der Waals surface area contributed by atoms with Gasteiger partial charge in [-0.2, -0.15) is 0 Å². The molecule has 0 aliphatic rings. The van der Waals surface area contributed by atoms with Gasteiger partial charge in [-0.25, -0.2) is 4.98 Å². The molecular formula is C22H20Cl2N4O2. The first-order valence-corrected chi connectivity index (χ1v) is 9.94. The Hall–Kier alpha value is -2.96. The lowest BCUT2D eigenvalue weighted by atomic mass is 10.1. The van der Waals surface area contributed by atoms with E-state index in [-0.39, 0.29) is 18.2 Å². The molecule has 0 radical (unpaired) electrons. The number of pyridine rings is 2. The highest BCUT2D eigenvalue weighted by Crippen LogP contribution is 2.29. The first kappa shape index (κ1) is 21.7. The molecule has 0 atom stereocenters. The van der Waals surface area contributed by atoms with Gasteiger partial charge in [-0.1, -0.05) is 29.3 Å². The van der Waals surface area contributed by atoms with Crippen LogP contribution in [0.25, 0.3) is 0 Å². The number of aromatic nitrogens is 2. The van der Waals surface area contributed by atoms with E-state index in [2.05, 4.69) is 15.3 Å². The second-order valence-corrected chi connectivity index (χ2v) is 7.61. The van der Waals surface area contributed by atoms with Crippen molar-refractivity contribution >= 4 is 52.2 Å². The van der Waals surface area contributed by atoms with E-state index in [4.69, 9.17) is 23.2 Å². The molecule has 8 heteroatoms. The molecule has 2 aromatic heterocycles. The zero-order valence-electron chi connectivity index (χ0n) is 16.7. The van der Waals surface area contributed by atoms with Gasteiger partial charge in [0.2, 0.25) is 11.8 Å². The summed E-state index contributed by atoms with van der Waals surface area (Å²) in [6.45, 7) is 5.18. The predicted molar refractivity (Wildman–Crippen MR) is 120 cm³/mol. The Balaban J connectivity index is 1.86. The summed E-state index contributed by atoms with van der Waals surface area (Å²) in [5, 5.41) is 3.67. The maximum absolute atomic E-state index is 12.5. The Kier molecular flexibility index (Phi) is 6.70. The molecule has 30 heavy (non-hydrogen) atoms. The van der Waals surface area contributed by atoms with Crippen molar-refractivity contribution in [2.45, 2.75) is 27.2 Å².